The molecule has 1 aromatic rings. The summed E-state index contributed by atoms with van der Waals surface area (Å²) in [6.07, 6.45) is 2.78. The number of nitrogens with zero attached hydrogens (tertiary/aromatic N) is 1. The molecule has 0 aliphatic carbocycles. The second-order valence-corrected chi connectivity index (χ2v) is 5.07. The molecule has 0 saturated carbocycles. The molecule has 1 heterocycles. The summed E-state index contributed by atoms with van der Waals surface area (Å²) in [5.74, 6) is -1.28. The van der Waals surface area contributed by atoms with E-state index in [0.29, 0.717) is 25.1 Å². The number of likely N-dealkylation sites (tertiary alicyclic amines) is 1. The fourth-order valence-electron chi connectivity index (χ4n) is 2.56. The minimum absolute atomic E-state index is 0.0836. The molecule has 1 aliphatic rings. The highest BCUT2D eigenvalue weighted by Crippen LogP contribution is 2.18. The van der Waals surface area contributed by atoms with Gasteiger partial charge in [-0.15, -0.1) is 0 Å². The Kier molecular flexibility index (Phi) is 4.84. The first-order valence-corrected chi connectivity index (χ1v) is 6.83. The number of aliphatic carboxylic acids is 1. The summed E-state index contributed by atoms with van der Waals surface area (Å²) in [6, 6.07) is 4.96. The molecule has 0 radical (unpaired) electrons. The van der Waals surface area contributed by atoms with Crippen molar-refractivity contribution in [3.05, 3.63) is 35.6 Å². The number of Topliss-reactive ketones (excluding diaryl/α,β-unsaturated/α-hetero) is 1. The van der Waals surface area contributed by atoms with Crippen LogP contribution in [0.25, 0.3) is 0 Å². The van der Waals surface area contributed by atoms with E-state index in [0.717, 1.165) is 12.8 Å². The molecule has 1 aromatic carbocycles. The zero-order chi connectivity index (χ0) is 14.5. The third kappa shape index (κ3) is 3.63. The van der Waals surface area contributed by atoms with Crippen LogP contribution in [-0.4, -0.2) is 40.9 Å². The van der Waals surface area contributed by atoms with Crippen LogP contribution in [0.1, 0.15) is 36.0 Å². The summed E-state index contributed by atoms with van der Waals surface area (Å²) >= 11 is 0. The second kappa shape index (κ2) is 6.61. The Hall–Kier alpha value is -1.75. The topological polar surface area (TPSA) is 57.6 Å². The summed E-state index contributed by atoms with van der Waals surface area (Å²) in [5.41, 5.74) is 0.468. The SMILES string of the molecule is O=C(CCN1CCCCC1C(=O)O)c1ccc(F)cc1. The van der Waals surface area contributed by atoms with E-state index < -0.39 is 12.0 Å². The van der Waals surface area contributed by atoms with Crippen LogP contribution in [0.2, 0.25) is 0 Å². The molecule has 2 rings (SSSR count). The molecule has 5 heteroatoms. The molecule has 1 aliphatic heterocycles. The number of hydrogen-bond donors (Lipinski definition) is 1. The van der Waals surface area contributed by atoms with Gasteiger partial charge in [0.2, 0.25) is 0 Å². The largest absolute Gasteiger partial charge is 0.480 e. The van der Waals surface area contributed by atoms with Gasteiger partial charge in [0.05, 0.1) is 0 Å². The molecule has 0 bridgehead atoms. The van der Waals surface area contributed by atoms with E-state index in [9.17, 15) is 14.0 Å². The van der Waals surface area contributed by atoms with Crippen molar-refractivity contribution in [3.8, 4) is 0 Å². The van der Waals surface area contributed by atoms with Gasteiger partial charge in [-0.2, -0.15) is 0 Å². The quantitative estimate of drug-likeness (QED) is 0.840. The number of carbonyl (C=O) groups excluding carboxylic acids is 1. The van der Waals surface area contributed by atoms with Gasteiger partial charge in [0.1, 0.15) is 11.9 Å². The fraction of sp³-hybridized carbons (Fsp3) is 0.467. The predicted molar refractivity (Wildman–Crippen MR) is 72.2 cm³/mol. The molecule has 1 atom stereocenters. The van der Waals surface area contributed by atoms with Gasteiger partial charge >= 0.3 is 5.97 Å². The van der Waals surface area contributed by atoms with Gasteiger partial charge in [0, 0.05) is 18.5 Å². The van der Waals surface area contributed by atoms with Crippen molar-refractivity contribution in [1.82, 2.24) is 4.90 Å². The first-order chi connectivity index (χ1) is 9.58. The van der Waals surface area contributed by atoms with E-state index in [2.05, 4.69) is 0 Å². The second-order valence-electron chi connectivity index (χ2n) is 5.07. The Labute approximate surface area is 117 Å². The summed E-state index contributed by atoms with van der Waals surface area (Å²) in [4.78, 5) is 25.0. The molecule has 0 spiro atoms. The number of ketones is 1. The Balaban J connectivity index is 1.91. The lowest BCUT2D eigenvalue weighted by molar-refractivity contribution is -0.144. The predicted octanol–water partition coefficient (Wildman–Crippen LogP) is 2.34. The number of carbonyl (C=O) groups is 2. The summed E-state index contributed by atoms with van der Waals surface area (Å²) in [7, 11) is 0. The summed E-state index contributed by atoms with van der Waals surface area (Å²) in [6.45, 7) is 1.15. The number of rotatable bonds is 5. The van der Waals surface area contributed by atoms with Gasteiger partial charge in [0.15, 0.2) is 5.78 Å². The average Bonchev–Trinajstić information content (AvgIpc) is 2.45. The van der Waals surface area contributed by atoms with Gasteiger partial charge in [-0.1, -0.05) is 6.42 Å². The summed E-state index contributed by atoms with van der Waals surface area (Å²) in [5, 5.41) is 9.15. The molecule has 20 heavy (non-hydrogen) atoms. The van der Waals surface area contributed by atoms with E-state index >= 15 is 0 Å². The molecular weight excluding hydrogens is 261 g/mol. The van der Waals surface area contributed by atoms with Crippen LogP contribution in [0.4, 0.5) is 4.39 Å². The highest BCUT2D eigenvalue weighted by molar-refractivity contribution is 5.96. The van der Waals surface area contributed by atoms with Gasteiger partial charge in [0.25, 0.3) is 0 Å². The smallest absolute Gasteiger partial charge is 0.320 e. The van der Waals surface area contributed by atoms with Crippen molar-refractivity contribution >= 4 is 11.8 Å². The van der Waals surface area contributed by atoms with Gasteiger partial charge in [-0.25, -0.2) is 4.39 Å². The Morgan fingerprint density at radius 2 is 1.95 bits per heavy atom. The van der Waals surface area contributed by atoms with Crippen molar-refractivity contribution < 1.29 is 19.1 Å². The van der Waals surface area contributed by atoms with Crippen LogP contribution in [0, 0.1) is 5.82 Å². The number of piperidine rings is 1. The number of halogens is 1. The van der Waals surface area contributed by atoms with Gasteiger partial charge < -0.3 is 5.11 Å². The first kappa shape index (κ1) is 14.7. The van der Waals surface area contributed by atoms with E-state index in [1.54, 1.807) is 0 Å². The van der Waals surface area contributed by atoms with Crippen LogP contribution >= 0.6 is 0 Å². The maximum atomic E-state index is 12.8. The molecule has 108 valence electrons. The highest BCUT2D eigenvalue weighted by atomic mass is 19.1. The fourth-order valence-corrected chi connectivity index (χ4v) is 2.56. The third-order valence-electron chi connectivity index (χ3n) is 3.69. The van der Waals surface area contributed by atoms with Crippen molar-refractivity contribution in [1.29, 1.82) is 0 Å². The van der Waals surface area contributed by atoms with Gasteiger partial charge in [-0.05, 0) is 43.7 Å². The normalized spacial score (nSPS) is 19.8. The zero-order valence-electron chi connectivity index (χ0n) is 11.2. The number of benzene rings is 1. The lowest BCUT2D eigenvalue weighted by Crippen LogP contribution is -2.45. The average molecular weight is 279 g/mol. The molecule has 4 nitrogen and oxygen atoms in total. The van der Waals surface area contributed by atoms with Crippen LogP contribution < -0.4 is 0 Å². The molecule has 1 saturated heterocycles. The summed E-state index contributed by atoms with van der Waals surface area (Å²) < 4.78 is 12.8. The van der Waals surface area contributed by atoms with Crippen LogP contribution in [0.15, 0.2) is 24.3 Å². The third-order valence-corrected chi connectivity index (χ3v) is 3.69. The van der Waals surface area contributed by atoms with E-state index in [4.69, 9.17) is 5.11 Å². The van der Waals surface area contributed by atoms with E-state index in [-0.39, 0.29) is 18.0 Å². The molecular formula is C15H18FNO3. The van der Waals surface area contributed by atoms with Crippen molar-refractivity contribution in [2.24, 2.45) is 0 Å². The van der Waals surface area contributed by atoms with E-state index in [1.165, 1.54) is 24.3 Å². The lowest BCUT2D eigenvalue weighted by atomic mass is 10.0. The standard InChI is InChI=1S/C15H18FNO3/c16-12-6-4-11(5-7-12)14(18)8-10-17-9-2-1-3-13(17)15(19)20/h4-7,13H,1-3,8-10H2,(H,19,20). The lowest BCUT2D eigenvalue weighted by Gasteiger charge is -2.32. The highest BCUT2D eigenvalue weighted by Gasteiger charge is 2.28. The Bertz CT molecular complexity index is 486. The Morgan fingerprint density at radius 3 is 2.60 bits per heavy atom. The van der Waals surface area contributed by atoms with Gasteiger partial charge in [-0.3, -0.25) is 14.5 Å². The minimum Gasteiger partial charge on any atom is -0.480 e. The van der Waals surface area contributed by atoms with Crippen LogP contribution in [0.5, 0.6) is 0 Å². The minimum atomic E-state index is -0.820. The number of carboxylic acids is 1. The first-order valence-electron chi connectivity index (χ1n) is 6.83. The molecule has 1 N–H and O–H groups in total. The van der Waals surface area contributed by atoms with Crippen molar-refractivity contribution in [2.75, 3.05) is 13.1 Å². The number of carboxylic acid groups (broad SMARTS) is 1. The maximum absolute atomic E-state index is 12.8. The molecule has 1 unspecified atom stereocenters. The molecule has 0 aromatic heterocycles. The number of hydrogen-bond acceptors (Lipinski definition) is 3. The Morgan fingerprint density at radius 1 is 1.25 bits per heavy atom. The van der Waals surface area contributed by atoms with Crippen molar-refractivity contribution in [2.45, 2.75) is 31.7 Å². The molecule has 0 amide bonds. The van der Waals surface area contributed by atoms with Crippen LogP contribution in [0.3, 0.4) is 0 Å². The monoisotopic (exact) mass is 279 g/mol. The van der Waals surface area contributed by atoms with Crippen LogP contribution in [-0.2, 0) is 4.79 Å². The van der Waals surface area contributed by atoms with Crippen molar-refractivity contribution in [3.63, 3.8) is 0 Å². The molecule has 1 fully saturated rings. The maximum Gasteiger partial charge on any atom is 0.320 e. The zero-order valence-corrected chi connectivity index (χ0v) is 11.2. The van der Waals surface area contributed by atoms with E-state index in [1.807, 2.05) is 4.90 Å².